The topological polar surface area (TPSA) is 85.2 Å². The van der Waals surface area contributed by atoms with Crippen molar-refractivity contribution in [2.75, 3.05) is 0 Å². The smallest absolute Gasteiger partial charge is 0.191 e. The van der Waals surface area contributed by atoms with Gasteiger partial charge in [-0.2, -0.15) is 10.4 Å². The molecule has 0 unspecified atom stereocenters. The molecule has 0 saturated carbocycles. The van der Waals surface area contributed by atoms with Crippen LogP contribution in [-0.2, 0) is 12.3 Å². The molecule has 0 amide bonds. The predicted octanol–water partition coefficient (Wildman–Crippen LogP) is 4.02. The molecule has 0 bridgehead atoms. The van der Waals surface area contributed by atoms with Gasteiger partial charge in [0.25, 0.3) is 0 Å². The zero-order valence-corrected chi connectivity index (χ0v) is 17.0. The summed E-state index contributed by atoms with van der Waals surface area (Å²) < 4.78 is 3.92. The number of rotatable bonds is 6. The summed E-state index contributed by atoms with van der Waals surface area (Å²) in [4.78, 5) is 4.07. The highest BCUT2D eigenvalue weighted by molar-refractivity contribution is 7.98. The van der Waals surface area contributed by atoms with Gasteiger partial charge in [0.1, 0.15) is 6.07 Å². The summed E-state index contributed by atoms with van der Waals surface area (Å²) in [5, 5.41) is 23.8. The normalized spacial score (nSPS) is 10.8. The minimum Gasteiger partial charge on any atom is -0.302 e. The third-order valence-corrected chi connectivity index (χ3v) is 5.56. The van der Waals surface area contributed by atoms with Gasteiger partial charge in [0, 0.05) is 30.3 Å². The van der Waals surface area contributed by atoms with Gasteiger partial charge in [-0.15, -0.1) is 10.2 Å². The number of para-hydroxylation sites is 1. The van der Waals surface area contributed by atoms with E-state index < -0.39 is 0 Å². The van der Waals surface area contributed by atoms with Gasteiger partial charge in [-0.1, -0.05) is 30.0 Å². The van der Waals surface area contributed by atoms with Crippen LogP contribution >= 0.6 is 11.8 Å². The van der Waals surface area contributed by atoms with E-state index in [1.807, 2.05) is 54.1 Å². The van der Waals surface area contributed by atoms with Gasteiger partial charge in [0.2, 0.25) is 0 Å². The van der Waals surface area contributed by atoms with Gasteiger partial charge in [0.15, 0.2) is 11.0 Å². The van der Waals surface area contributed by atoms with E-state index >= 15 is 0 Å². The largest absolute Gasteiger partial charge is 0.302 e. The van der Waals surface area contributed by atoms with Crippen molar-refractivity contribution in [2.45, 2.75) is 31.3 Å². The fraction of sp³-hybridized carbons (Fsp3) is 0.190. The van der Waals surface area contributed by atoms with Crippen molar-refractivity contribution in [3.05, 3.63) is 71.8 Å². The lowest BCUT2D eigenvalue weighted by Crippen LogP contribution is -2.03. The number of thioether (sulfide) groups is 1. The Morgan fingerprint density at radius 3 is 2.52 bits per heavy atom. The second-order valence-electron chi connectivity index (χ2n) is 6.34. The van der Waals surface area contributed by atoms with Crippen LogP contribution in [0.4, 0.5) is 0 Å². The minimum atomic E-state index is 0.563. The minimum absolute atomic E-state index is 0.563. The summed E-state index contributed by atoms with van der Waals surface area (Å²) in [6.45, 7) is 4.68. The zero-order chi connectivity index (χ0) is 20.2. The Bertz CT molecular complexity index is 1160. The van der Waals surface area contributed by atoms with E-state index in [9.17, 15) is 5.26 Å². The Morgan fingerprint density at radius 1 is 1.07 bits per heavy atom. The first-order chi connectivity index (χ1) is 14.2. The third kappa shape index (κ3) is 3.65. The first-order valence-electron chi connectivity index (χ1n) is 9.23. The first-order valence-corrected chi connectivity index (χ1v) is 10.2. The van der Waals surface area contributed by atoms with Gasteiger partial charge in [-0.25, -0.2) is 4.68 Å². The van der Waals surface area contributed by atoms with Crippen LogP contribution in [0.25, 0.3) is 17.1 Å². The van der Waals surface area contributed by atoms with Crippen molar-refractivity contribution in [3.63, 3.8) is 0 Å². The molecule has 0 fully saturated rings. The first kappa shape index (κ1) is 18.9. The molecule has 0 N–H and O–H groups in total. The number of pyridine rings is 1. The van der Waals surface area contributed by atoms with Gasteiger partial charge in [0.05, 0.1) is 22.6 Å². The van der Waals surface area contributed by atoms with Gasteiger partial charge in [-0.3, -0.25) is 4.98 Å². The van der Waals surface area contributed by atoms with Crippen molar-refractivity contribution < 1.29 is 0 Å². The van der Waals surface area contributed by atoms with Crippen LogP contribution in [0.2, 0.25) is 0 Å². The molecule has 1 aromatic carbocycles. The summed E-state index contributed by atoms with van der Waals surface area (Å²) >= 11 is 1.55. The predicted molar refractivity (Wildman–Crippen MR) is 112 cm³/mol. The van der Waals surface area contributed by atoms with Gasteiger partial charge < -0.3 is 4.57 Å². The Hall–Kier alpha value is -3.44. The number of hydrogen-bond donors (Lipinski definition) is 0. The highest BCUT2D eigenvalue weighted by Gasteiger charge is 2.19. The molecule has 29 heavy (non-hydrogen) atoms. The van der Waals surface area contributed by atoms with E-state index in [4.69, 9.17) is 0 Å². The fourth-order valence-corrected chi connectivity index (χ4v) is 4.17. The maximum absolute atomic E-state index is 9.66. The maximum Gasteiger partial charge on any atom is 0.191 e. The lowest BCUT2D eigenvalue weighted by atomic mass is 10.2. The van der Waals surface area contributed by atoms with E-state index in [0.717, 1.165) is 40.2 Å². The van der Waals surface area contributed by atoms with Crippen LogP contribution in [0, 0.1) is 18.3 Å². The molecule has 0 saturated heterocycles. The molecule has 3 aromatic heterocycles. The van der Waals surface area contributed by atoms with Crippen molar-refractivity contribution in [1.29, 1.82) is 5.26 Å². The Morgan fingerprint density at radius 2 is 1.83 bits per heavy atom. The number of nitrogens with zero attached hydrogens (tertiary/aromatic N) is 7. The van der Waals surface area contributed by atoms with Crippen molar-refractivity contribution in [1.82, 2.24) is 29.5 Å². The average molecular weight is 401 g/mol. The fourth-order valence-electron chi connectivity index (χ4n) is 3.16. The maximum atomic E-state index is 9.66. The Kier molecular flexibility index (Phi) is 5.40. The van der Waals surface area contributed by atoms with E-state index in [2.05, 4.69) is 37.8 Å². The van der Waals surface area contributed by atoms with Gasteiger partial charge >= 0.3 is 0 Å². The van der Waals surface area contributed by atoms with Crippen molar-refractivity contribution in [2.24, 2.45) is 0 Å². The van der Waals surface area contributed by atoms with Gasteiger partial charge in [-0.05, 0) is 38.1 Å². The standard InChI is InChI=1S/C21H19N7S/c1-3-27-20(16-9-11-23-12-10-16)24-25-21(27)29-14-19-18(13-22)15(2)26-28(19)17-7-5-4-6-8-17/h4-12H,3,14H2,1-2H3. The molecular weight excluding hydrogens is 382 g/mol. The lowest BCUT2D eigenvalue weighted by Gasteiger charge is -2.09. The van der Waals surface area contributed by atoms with E-state index in [1.165, 1.54) is 0 Å². The SMILES string of the molecule is CCn1c(SCc2c(C#N)c(C)nn2-c2ccccc2)nnc1-c1ccncc1. The summed E-state index contributed by atoms with van der Waals surface area (Å²) in [6, 6.07) is 16.0. The Balaban J connectivity index is 1.67. The highest BCUT2D eigenvalue weighted by Crippen LogP contribution is 2.29. The molecule has 4 rings (SSSR count). The molecule has 0 atom stereocenters. The molecule has 0 aliphatic carbocycles. The number of aromatic nitrogens is 6. The summed E-state index contributed by atoms with van der Waals surface area (Å²) in [7, 11) is 0. The highest BCUT2D eigenvalue weighted by atomic mass is 32.2. The molecule has 0 aliphatic rings. The van der Waals surface area contributed by atoms with Crippen LogP contribution in [0.5, 0.6) is 0 Å². The number of hydrogen-bond acceptors (Lipinski definition) is 6. The van der Waals surface area contributed by atoms with Crippen LogP contribution in [-0.4, -0.2) is 29.5 Å². The summed E-state index contributed by atoms with van der Waals surface area (Å²) in [5.74, 6) is 1.37. The average Bonchev–Trinajstić information content (AvgIpc) is 3.33. The molecule has 8 heteroatoms. The second kappa shape index (κ2) is 8.29. The molecule has 0 radical (unpaired) electrons. The number of aryl methyl sites for hydroxylation is 1. The van der Waals surface area contributed by atoms with E-state index in [1.54, 1.807) is 24.2 Å². The zero-order valence-electron chi connectivity index (χ0n) is 16.1. The summed E-state index contributed by atoms with van der Waals surface area (Å²) in [6.07, 6.45) is 3.49. The van der Waals surface area contributed by atoms with Crippen LogP contribution in [0.3, 0.4) is 0 Å². The molecule has 3 heterocycles. The monoisotopic (exact) mass is 401 g/mol. The third-order valence-electron chi connectivity index (χ3n) is 4.58. The van der Waals surface area contributed by atoms with Crippen LogP contribution in [0.1, 0.15) is 23.9 Å². The number of nitriles is 1. The molecule has 7 nitrogen and oxygen atoms in total. The molecule has 144 valence electrons. The van der Waals surface area contributed by atoms with Crippen molar-refractivity contribution >= 4 is 11.8 Å². The molecule has 0 spiro atoms. The number of benzene rings is 1. The molecule has 0 aliphatic heterocycles. The lowest BCUT2D eigenvalue weighted by molar-refractivity contribution is 0.686. The van der Waals surface area contributed by atoms with Crippen molar-refractivity contribution in [3.8, 4) is 23.1 Å². The van der Waals surface area contributed by atoms with E-state index in [-0.39, 0.29) is 0 Å². The summed E-state index contributed by atoms with van der Waals surface area (Å²) in [5.41, 5.74) is 4.10. The molecular formula is C21H19N7S. The molecule has 4 aromatic rings. The Labute approximate surface area is 173 Å². The van der Waals surface area contributed by atoms with Crippen LogP contribution < -0.4 is 0 Å². The quantitative estimate of drug-likeness (QED) is 0.454. The van der Waals surface area contributed by atoms with Crippen LogP contribution in [0.15, 0.2) is 60.0 Å². The van der Waals surface area contributed by atoms with E-state index in [0.29, 0.717) is 11.3 Å². The second-order valence-corrected chi connectivity index (χ2v) is 7.28.